The quantitative estimate of drug-likeness (QED) is 0.442. The van der Waals surface area contributed by atoms with Gasteiger partial charge in [0.1, 0.15) is 12.0 Å². The van der Waals surface area contributed by atoms with Crippen LogP contribution in [-0.4, -0.2) is 29.1 Å². The molecule has 29 heavy (non-hydrogen) atoms. The lowest BCUT2D eigenvalue weighted by Gasteiger charge is -2.35. The fourth-order valence-corrected chi connectivity index (χ4v) is 4.59. The van der Waals surface area contributed by atoms with Crippen molar-refractivity contribution in [2.45, 2.75) is 51.0 Å². The molecule has 0 bridgehead atoms. The van der Waals surface area contributed by atoms with Gasteiger partial charge >= 0.3 is 0 Å². The third kappa shape index (κ3) is 3.69. The predicted molar refractivity (Wildman–Crippen MR) is 110 cm³/mol. The Bertz CT molecular complexity index is 937. The van der Waals surface area contributed by atoms with E-state index < -0.39 is 12.0 Å². The summed E-state index contributed by atoms with van der Waals surface area (Å²) < 4.78 is 0. The summed E-state index contributed by atoms with van der Waals surface area (Å²) in [7, 11) is 0. The monoisotopic (exact) mass is 391 g/mol. The molecule has 4 rings (SSSR count). The van der Waals surface area contributed by atoms with Gasteiger partial charge in [-0.25, -0.2) is 0 Å². The Kier molecular flexibility index (Phi) is 5.47. The van der Waals surface area contributed by atoms with Gasteiger partial charge in [0.2, 0.25) is 5.91 Å². The van der Waals surface area contributed by atoms with E-state index in [2.05, 4.69) is 24.3 Å². The van der Waals surface area contributed by atoms with E-state index in [0.717, 1.165) is 37.7 Å². The Morgan fingerprint density at radius 1 is 1.00 bits per heavy atom. The lowest BCUT2D eigenvalue weighted by molar-refractivity contribution is -0.117. The van der Waals surface area contributed by atoms with Crippen molar-refractivity contribution in [1.29, 1.82) is 0 Å². The van der Waals surface area contributed by atoms with Crippen LogP contribution in [0.3, 0.4) is 0 Å². The average Bonchev–Trinajstić information content (AvgIpc) is 3.10. The molecule has 5 heteroatoms. The lowest BCUT2D eigenvalue weighted by atomic mass is 9.84. The van der Waals surface area contributed by atoms with E-state index in [1.165, 1.54) is 5.56 Å². The van der Waals surface area contributed by atoms with Crippen molar-refractivity contribution >= 4 is 23.7 Å². The summed E-state index contributed by atoms with van der Waals surface area (Å²) in [5.74, 6) is -1.48. The first kappa shape index (κ1) is 19.4. The number of rotatable bonds is 7. The van der Waals surface area contributed by atoms with E-state index in [9.17, 15) is 19.5 Å². The molecular formula is C24H25NO4. The number of aldehydes is 1. The van der Waals surface area contributed by atoms with Gasteiger partial charge in [-0.1, -0.05) is 36.8 Å². The smallest absolute Gasteiger partial charge is 0.227 e. The number of phenolic OH excluding ortho intramolecular Hbond substituents is 1. The number of hydrogen-bond donors (Lipinski definition) is 1. The van der Waals surface area contributed by atoms with Crippen LogP contribution in [-0.2, 0) is 22.4 Å². The molecular weight excluding hydrogens is 366 g/mol. The summed E-state index contributed by atoms with van der Waals surface area (Å²) in [5, 5.41) is 10.5. The minimum Gasteiger partial charge on any atom is -0.507 e. The van der Waals surface area contributed by atoms with Crippen molar-refractivity contribution in [3.05, 3.63) is 59.2 Å². The Morgan fingerprint density at radius 3 is 2.45 bits per heavy atom. The molecule has 0 saturated carbocycles. The SMILES string of the molecule is O=CC1C(=O)c2c(O)cc(CCCCCc3ccccc3)cc2N2C(=O)CCC12. The molecule has 1 saturated heterocycles. The number of ketones is 1. The van der Waals surface area contributed by atoms with Crippen LogP contribution in [0.25, 0.3) is 0 Å². The fourth-order valence-electron chi connectivity index (χ4n) is 4.59. The number of unbranched alkanes of at least 4 members (excludes halogenated alkanes) is 2. The molecule has 0 spiro atoms. The summed E-state index contributed by atoms with van der Waals surface area (Å²) >= 11 is 0. The number of nitrogens with zero attached hydrogens (tertiary/aromatic N) is 1. The first-order valence-electron chi connectivity index (χ1n) is 10.3. The number of carbonyl (C=O) groups excluding carboxylic acids is 3. The molecule has 2 aromatic carbocycles. The molecule has 1 amide bonds. The van der Waals surface area contributed by atoms with E-state index in [0.29, 0.717) is 24.8 Å². The van der Waals surface area contributed by atoms with Gasteiger partial charge in [-0.2, -0.15) is 0 Å². The normalized spacial score (nSPS) is 20.5. The second-order valence-electron chi connectivity index (χ2n) is 7.95. The maximum Gasteiger partial charge on any atom is 0.227 e. The minimum absolute atomic E-state index is 0.0880. The molecule has 0 aliphatic carbocycles. The molecule has 2 unspecified atom stereocenters. The van der Waals surface area contributed by atoms with Gasteiger partial charge in [-0.3, -0.25) is 9.59 Å². The number of aromatic hydroxyl groups is 1. The zero-order valence-corrected chi connectivity index (χ0v) is 16.3. The Hall–Kier alpha value is -2.95. The molecule has 150 valence electrons. The van der Waals surface area contributed by atoms with Crippen LogP contribution >= 0.6 is 0 Å². The summed E-state index contributed by atoms with van der Waals surface area (Å²) in [5.41, 5.74) is 2.83. The zero-order valence-electron chi connectivity index (χ0n) is 16.3. The van der Waals surface area contributed by atoms with Crippen LogP contribution in [0.2, 0.25) is 0 Å². The van der Waals surface area contributed by atoms with E-state index in [-0.39, 0.29) is 23.0 Å². The molecule has 2 heterocycles. The molecule has 2 aliphatic rings. The highest BCUT2D eigenvalue weighted by molar-refractivity contribution is 6.17. The molecule has 1 fully saturated rings. The third-order valence-corrected chi connectivity index (χ3v) is 6.05. The summed E-state index contributed by atoms with van der Waals surface area (Å²) in [6.45, 7) is 0. The van der Waals surface area contributed by atoms with E-state index in [1.54, 1.807) is 11.0 Å². The van der Waals surface area contributed by atoms with Gasteiger partial charge in [0, 0.05) is 6.42 Å². The van der Waals surface area contributed by atoms with Crippen LogP contribution in [0.4, 0.5) is 5.69 Å². The van der Waals surface area contributed by atoms with Gasteiger partial charge in [0.25, 0.3) is 0 Å². The second-order valence-corrected chi connectivity index (χ2v) is 7.95. The maximum absolute atomic E-state index is 12.7. The van der Waals surface area contributed by atoms with E-state index in [1.807, 2.05) is 12.1 Å². The van der Waals surface area contributed by atoms with Crippen molar-refractivity contribution in [3.63, 3.8) is 0 Å². The number of Topliss-reactive ketones (excluding diaryl/α,β-unsaturated/α-hetero) is 1. The van der Waals surface area contributed by atoms with Gasteiger partial charge in [-0.05, 0) is 55.4 Å². The molecule has 0 radical (unpaired) electrons. The number of hydrogen-bond acceptors (Lipinski definition) is 4. The Morgan fingerprint density at radius 2 is 1.72 bits per heavy atom. The van der Waals surface area contributed by atoms with Crippen LogP contribution in [0.15, 0.2) is 42.5 Å². The van der Waals surface area contributed by atoms with Crippen LogP contribution < -0.4 is 4.90 Å². The van der Waals surface area contributed by atoms with Crippen LogP contribution in [0.5, 0.6) is 5.75 Å². The fraction of sp³-hybridized carbons (Fsp3) is 0.375. The first-order valence-corrected chi connectivity index (χ1v) is 10.3. The maximum atomic E-state index is 12.7. The highest BCUT2D eigenvalue weighted by Gasteiger charge is 2.47. The number of carbonyl (C=O) groups is 3. The van der Waals surface area contributed by atoms with Gasteiger partial charge < -0.3 is 14.8 Å². The van der Waals surface area contributed by atoms with Crippen molar-refractivity contribution in [3.8, 4) is 5.75 Å². The highest BCUT2D eigenvalue weighted by Crippen LogP contribution is 2.43. The Balaban J connectivity index is 1.47. The number of fused-ring (bicyclic) bond motifs is 3. The van der Waals surface area contributed by atoms with Crippen molar-refractivity contribution < 1.29 is 19.5 Å². The molecule has 2 aliphatic heterocycles. The van der Waals surface area contributed by atoms with Crippen LogP contribution in [0, 0.1) is 5.92 Å². The lowest BCUT2D eigenvalue weighted by Crippen LogP contribution is -2.47. The molecule has 5 nitrogen and oxygen atoms in total. The molecule has 2 atom stereocenters. The minimum atomic E-state index is -0.885. The number of anilines is 1. The summed E-state index contributed by atoms with van der Waals surface area (Å²) in [6, 6.07) is 13.4. The number of aryl methyl sites for hydroxylation is 2. The van der Waals surface area contributed by atoms with E-state index >= 15 is 0 Å². The number of amides is 1. The van der Waals surface area contributed by atoms with Gasteiger partial charge in [-0.15, -0.1) is 0 Å². The first-order chi connectivity index (χ1) is 14.1. The van der Waals surface area contributed by atoms with Crippen molar-refractivity contribution in [1.82, 2.24) is 0 Å². The highest BCUT2D eigenvalue weighted by atomic mass is 16.3. The van der Waals surface area contributed by atoms with Gasteiger partial charge in [0.15, 0.2) is 5.78 Å². The second kappa shape index (κ2) is 8.19. The summed E-state index contributed by atoms with van der Waals surface area (Å²) in [4.78, 5) is 38.2. The Labute approximate surface area is 170 Å². The number of benzene rings is 2. The standard InChI is InChI=1S/C24H25NO4/c26-15-18-19-11-12-22(28)25(19)20-13-17(14-21(27)23(20)24(18)29)10-6-2-5-9-16-7-3-1-4-8-16/h1,3-4,7-8,13-15,18-19,27H,2,5-6,9-12H2. The number of phenols is 1. The molecule has 0 aromatic heterocycles. The largest absolute Gasteiger partial charge is 0.507 e. The topological polar surface area (TPSA) is 74.7 Å². The van der Waals surface area contributed by atoms with Crippen molar-refractivity contribution in [2.24, 2.45) is 5.92 Å². The average molecular weight is 391 g/mol. The van der Waals surface area contributed by atoms with Crippen LogP contribution in [0.1, 0.15) is 53.6 Å². The molecule has 1 N–H and O–H groups in total. The van der Waals surface area contributed by atoms with Crippen molar-refractivity contribution in [2.75, 3.05) is 4.90 Å². The molecule has 2 aromatic rings. The van der Waals surface area contributed by atoms with E-state index in [4.69, 9.17) is 0 Å². The predicted octanol–water partition coefficient (Wildman–Crippen LogP) is 3.85. The zero-order chi connectivity index (χ0) is 20.4. The summed E-state index contributed by atoms with van der Waals surface area (Å²) in [6.07, 6.45) is 6.37. The third-order valence-electron chi connectivity index (χ3n) is 6.05. The van der Waals surface area contributed by atoms with Gasteiger partial charge in [0.05, 0.1) is 23.2 Å².